The molecular formula is C13H24N+. The average Bonchev–Trinajstić information content (AvgIpc) is 2.61. The highest BCUT2D eigenvalue weighted by molar-refractivity contribution is 5.25. The van der Waals surface area contributed by atoms with Crippen LogP contribution >= 0.6 is 0 Å². The van der Waals surface area contributed by atoms with Crippen molar-refractivity contribution in [3.63, 3.8) is 0 Å². The Morgan fingerprint density at radius 1 is 1.14 bits per heavy atom. The Balaban J connectivity index is 2.64. The molecule has 1 unspecified atom stereocenters. The molecule has 14 heavy (non-hydrogen) atoms. The largest absolute Gasteiger partial charge is 0.324 e. The van der Waals surface area contributed by atoms with E-state index in [0.717, 1.165) is 0 Å². The molecule has 0 bridgehead atoms. The summed E-state index contributed by atoms with van der Waals surface area (Å²) in [7, 11) is 0. The molecule has 0 amide bonds. The fraction of sp³-hybridized carbons (Fsp3) is 0.692. The van der Waals surface area contributed by atoms with Crippen LogP contribution in [0.4, 0.5) is 0 Å². The van der Waals surface area contributed by atoms with E-state index in [4.69, 9.17) is 0 Å². The van der Waals surface area contributed by atoms with Crippen molar-refractivity contribution < 1.29 is 4.48 Å². The van der Waals surface area contributed by atoms with Crippen molar-refractivity contribution in [2.45, 2.75) is 27.7 Å². The van der Waals surface area contributed by atoms with Gasteiger partial charge in [-0.25, -0.2) is 0 Å². The lowest BCUT2D eigenvalue weighted by atomic mass is 10.0. The van der Waals surface area contributed by atoms with E-state index in [1.807, 2.05) is 0 Å². The molecule has 1 atom stereocenters. The molecule has 0 aliphatic heterocycles. The van der Waals surface area contributed by atoms with Crippen molar-refractivity contribution >= 4 is 0 Å². The van der Waals surface area contributed by atoms with Gasteiger partial charge in [0.15, 0.2) is 0 Å². The molecule has 0 fully saturated rings. The summed E-state index contributed by atoms with van der Waals surface area (Å²) in [6.07, 6.45) is 6.80. The van der Waals surface area contributed by atoms with Crippen LogP contribution in [0.5, 0.6) is 0 Å². The Hall–Kier alpha value is -0.560. The topological polar surface area (TPSA) is 0 Å². The SMILES string of the molecule is CC[N+](CC)(CC)CC1C=CC=C1C. The molecule has 1 aliphatic rings. The van der Waals surface area contributed by atoms with Gasteiger partial charge in [-0.2, -0.15) is 0 Å². The van der Waals surface area contributed by atoms with Gasteiger partial charge >= 0.3 is 0 Å². The third-order valence-corrected chi connectivity index (χ3v) is 3.88. The summed E-state index contributed by atoms with van der Waals surface area (Å²) < 4.78 is 1.25. The third kappa shape index (κ3) is 2.27. The minimum absolute atomic E-state index is 0.690. The van der Waals surface area contributed by atoms with Gasteiger partial charge in [0.2, 0.25) is 0 Å². The van der Waals surface area contributed by atoms with Gasteiger partial charge in [0.05, 0.1) is 26.2 Å². The van der Waals surface area contributed by atoms with Gasteiger partial charge in [-0.15, -0.1) is 0 Å². The van der Waals surface area contributed by atoms with Crippen LogP contribution in [0.2, 0.25) is 0 Å². The number of quaternary nitrogens is 1. The maximum atomic E-state index is 2.35. The fourth-order valence-corrected chi connectivity index (χ4v) is 2.30. The lowest BCUT2D eigenvalue weighted by Gasteiger charge is -2.38. The van der Waals surface area contributed by atoms with Crippen molar-refractivity contribution in [1.82, 2.24) is 0 Å². The minimum Gasteiger partial charge on any atom is -0.324 e. The second-order valence-corrected chi connectivity index (χ2v) is 4.37. The Morgan fingerprint density at radius 3 is 2.07 bits per heavy atom. The monoisotopic (exact) mass is 194 g/mol. The van der Waals surface area contributed by atoms with Crippen LogP contribution in [0.1, 0.15) is 27.7 Å². The highest BCUT2D eigenvalue weighted by Gasteiger charge is 2.26. The van der Waals surface area contributed by atoms with Gasteiger partial charge in [-0.05, 0) is 27.7 Å². The molecule has 0 saturated carbocycles. The molecule has 1 nitrogen and oxygen atoms in total. The first-order chi connectivity index (χ1) is 6.67. The Labute approximate surface area is 88.7 Å². The summed E-state index contributed by atoms with van der Waals surface area (Å²) in [6, 6.07) is 0. The second kappa shape index (κ2) is 4.79. The van der Waals surface area contributed by atoms with Gasteiger partial charge in [0, 0.05) is 5.92 Å². The normalized spacial score (nSPS) is 21.4. The van der Waals surface area contributed by atoms with Crippen LogP contribution in [-0.2, 0) is 0 Å². The number of nitrogens with zero attached hydrogens (tertiary/aromatic N) is 1. The predicted molar refractivity (Wildman–Crippen MR) is 63.1 cm³/mol. The highest BCUT2D eigenvalue weighted by Crippen LogP contribution is 2.23. The van der Waals surface area contributed by atoms with Gasteiger partial charge in [0.25, 0.3) is 0 Å². The Morgan fingerprint density at radius 2 is 1.71 bits per heavy atom. The highest BCUT2D eigenvalue weighted by atomic mass is 15.3. The van der Waals surface area contributed by atoms with Gasteiger partial charge < -0.3 is 4.48 Å². The van der Waals surface area contributed by atoms with Crippen molar-refractivity contribution in [2.75, 3.05) is 26.2 Å². The van der Waals surface area contributed by atoms with Crippen molar-refractivity contribution in [2.24, 2.45) is 5.92 Å². The standard InChI is InChI=1S/C13H24N/c1-5-14(6-2,7-3)11-13-10-8-9-12(13)4/h8-10,13H,5-7,11H2,1-4H3/q+1. The van der Waals surface area contributed by atoms with Crippen LogP contribution in [0.15, 0.2) is 23.8 Å². The van der Waals surface area contributed by atoms with Gasteiger partial charge in [0.1, 0.15) is 0 Å². The number of rotatable bonds is 5. The van der Waals surface area contributed by atoms with E-state index in [1.54, 1.807) is 0 Å². The molecule has 0 aromatic rings. The maximum absolute atomic E-state index is 2.35. The molecule has 0 aromatic heterocycles. The van der Waals surface area contributed by atoms with Gasteiger partial charge in [-0.1, -0.05) is 23.8 Å². The van der Waals surface area contributed by atoms with Crippen molar-refractivity contribution in [1.29, 1.82) is 0 Å². The second-order valence-electron chi connectivity index (χ2n) is 4.37. The molecule has 0 aromatic carbocycles. The molecule has 1 rings (SSSR count). The summed E-state index contributed by atoms with van der Waals surface area (Å²) in [5.41, 5.74) is 1.53. The molecule has 0 heterocycles. The molecule has 1 aliphatic carbocycles. The summed E-state index contributed by atoms with van der Waals surface area (Å²) in [6.45, 7) is 14.2. The Bertz CT molecular complexity index is 225. The molecule has 0 radical (unpaired) electrons. The molecule has 80 valence electrons. The third-order valence-electron chi connectivity index (χ3n) is 3.88. The fourth-order valence-electron chi connectivity index (χ4n) is 2.30. The van der Waals surface area contributed by atoms with Crippen molar-refractivity contribution in [3.8, 4) is 0 Å². The van der Waals surface area contributed by atoms with E-state index >= 15 is 0 Å². The quantitative estimate of drug-likeness (QED) is 0.590. The summed E-state index contributed by atoms with van der Waals surface area (Å²) in [5, 5.41) is 0. The van der Waals surface area contributed by atoms with E-state index in [2.05, 4.69) is 45.9 Å². The number of hydrogen-bond acceptors (Lipinski definition) is 0. The zero-order chi connectivity index (χ0) is 10.6. The first-order valence-corrected chi connectivity index (χ1v) is 5.87. The first-order valence-electron chi connectivity index (χ1n) is 5.87. The van der Waals surface area contributed by atoms with E-state index in [9.17, 15) is 0 Å². The average molecular weight is 194 g/mol. The maximum Gasteiger partial charge on any atom is 0.0888 e. The number of allylic oxidation sites excluding steroid dienone is 2. The first kappa shape index (κ1) is 11.5. The molecule has 1 heteroatoms. The zero-order valence-corrected chi connectivity index (χ0v) is 10.1. The summed E-state index contributed by atoms with van der Waals surface area (Å²) in [5.74, 6) is 0.690. The van der Waals surface area contributed by atoms with E-state index in [1.165, 1.54) is 36.2 Å². The molecular weight excluding hydrogens is 170 g/mol. The van der Waals surface area contributed by atoms with Crippen LogP contribution < -0.4 is 0 Å². The van der Waals surface area contributed by atoms with E-state index in [0.29, 0.717) is 5.92 Å². The van der Waals surface area contributed by atoms with Crippen LogP contribution in [0.3, 0.4) is 0 Å². The summed E-state index contributed by atoms with van der Waals surface area (Å²) >= 11 is 0. The molecule has 0 saturated heterocycles. The van der Waals surface area contributed by atoms with Crippen LogP contribution in [0, 0.1) is 5.92 Å². The minimum atomic E-state index is 0.690. The molecule has 0 N–H and O–H groups in total. The smallest absolute Gasteiger partial charge is 0.0888 e. The summed E-state index contributed by atoms with van der Waals surface area (Å²) in [4.78, 5) is 0. The lowest BCUT2D eigenvalue weighted by molar-refractivity contribution is -0.925. The zero-order valence-electron chi connectivity index (χ0n) is 10.1. The lowest BCUT2D eigenvalue weighted by Crippen LogP contribution is -2.50. The Kier molecular flexibility index (Phi) is 3.94. The van der Waals surface area contributed by atoms with Crippen LogP contribution in [-0.4, -0.2) is 30.7 Å². The van der Waals surface area contributed by atoms with E-state index < -0.39 is 0 Å². The van der Waals surface area contributed by atoms with Crippen LogP contribution in [0.25, 0.3) is 0 Å². The predicted octanol–water partition coefficient (Wildman–Crippen LogP) is 3.00. The van der Waals surface area contributed by atoms with E-state index in [-0.39, 0.29) is 0 Å². The van der Waals surface area contributed by atoms with Gasteiger partial charge in [-0.3, -0.25) is 0 Å². The molecule has 0 spiro atoms. The van der Waals surface area contributed by atoms with Crippen molar-refractivity contribution in [3.05, 3.63) is 23.8 Å². The number of hydrogen-bond donors (Lipinski definition) is 0.